The number of aliphatic hydroxyl groups is 3. The largest absolute Gasteiger partial charge is 0.445 e. The Bertz CT molecular complexity index is 1490. The Morgan fingerprint density at radius 3 is 1.52 bits per heavy atom. The number of hydrogen-bond donors (Lipinski definition) is 7. The molecule has 0 aliphatic carbocycles. The number of nitrogens with zero attached hydrogens (tertiary/aromatic N) is 1. The van der Waals surface area contributed by atoms with Gasteiger partial charge >= 0.3 is 6.09 Å². The first-order valence-corrected chi connectivity index (χ1v) is 26.2. The third kappa shape index (κ3) is 26.6. The van der Waals surface area contributed by atoms with Crippen LogP contribution in [-0.2, 0) is 35.3 Å². The van der Waals surface area contributed by atoms with Crippen LogP contribution in [0.1, 0.15) is 206 Å². The highest BCUT2D eigenvalue weighted by Gasteiger charge is 2.56. The van der Waals surface area contributed by atoms with E-state index in [1.165, 1.54) is 120 Å². The van der Waals surface area contributed by atoms with Crippen molar-refractivity contribution in [3.8, 4) is 0 Å². The molecule has 4 amide bonds. The molecule has 384 valence electrons. The number of carbonyl (C=O) groups excluding carboxylic acids is 5. The zero-order valence-electron chi connectivity index (χ0n) is 41.5. The van der Waals surface area contributed by atoms with Gasteiger partial charge in [0.2, 0.25) is 23.6 Å². The van der Waals surface area contributed by atoms with Crippen LogP contribution in [-0.4, -0.2) is 106 Å². The molecule has 0 bridgehead atoms. The highest BCUT2D eigenvalue weighted by molar-refractivity contribution is 5.90. The maximum absolute atomic E-state index is 14.0. The number of ether oxygens (including phenoxy) is 2. The van der Waals surface area contributed by atoms with Gasteiger partial charge in [-0.05, 0) is 18.4 Å². The molecule has 1 fully saturated rings. The van der Waals surface area contributed by atoms with Crippen LogP contribution in [0.4, 0.5) is 4.79 Å². The Balaban J connectivity index is 1.87. The van der Waals surface area contributed by atoms with Gasteiger partial charge in [-0.15, -0.1) is 0 Å². The van der Waals surface area contributed by atoms with Gasteiger partial charge in [0.1, 0.15) is 31.5 Å². The smallest absolute Gasteiger partial charge is 0.407 e. The van der Waals surface area contributed by atoms with E-state index in [0.717, 1.165) is 50.5 Å². The summed E-state index contributed by atoms with van der Waals surface area (Å²) in [6.45, 7) is 3.23. The first-order chi connectivity index (χ1) is 32.4. The third-order valence-corrected chi connectivity index (χ3v) is 12.7. The Morgan fingerprint density at radius 1 is 0.597 bits per heavy atom. The molecule has 67 heavy (non-hydrogen) atoms. The normalized spacial score (nSPS) is 19.1. The molecule has 0 spiro atoms. The fourth-order valence-corrected chi connectivity index (χ4v) is 8.53. The maximum atomic E-state index is 14.0. The molecule has 1 aliphatic rings. The minimum atomic E-state index is -2.22. The van der Waals surface area contributed by atoms with E-state index in [2.05, 4.69) is 29.8 Å². The van der Waals surface area contributed by atoms with Crippen molar-refractivity contribution in [3.63, 3.8) is 0 Å². The van der Waals surface area contributed by atoms with Gasteiger partial charge in [0.25, 0.3) is 0 Å². The molecule has 1 heterocycles. The highest BCUT2D eigenvalue weighted by Crippen LogP contribution is 2.32. The van der Waals surface area contributed by atoms with E-state index in [-0.39, 0.29) is 25.5 Å². The maximum Gasteiger partial charge on any atom is 0.407 e. The predicted molar refractivity (Wildman–Crippen MR) is 262 cm³/mol. The molecule has 0 radical (unpaired) electrons. The zero-order chi connectivity index (χ0) is 49.0. The average molecular weight is 946 g/mol. The van der Waals surface area contributed by atoms with Crippen molar-refractivity contribution < 1.29 is 48.8 Å². The molecule has 1 aromatic carbocycles. The first kappa shape index (κ1) is 59.5. The van der Waals surface area contributed by atoms with Gasteiger partial charge in [-0.2, -0.15) is 0 Å². The van der Waals surface area contributed by atoms with Gasteiger partial charge in [-0.3, -0.25) is 29.8 Å². The highest BCUT2D eigenvalue weighted by atomic mass is 16.6. The second kappa shape index (κ2) is 37.3. The molecular formula is C52H91N5O10. The Hall–Kier alpha value is -3.63. The van der Waals surface area contributed by atoms with Crippen LogP contribution in [0.15, 0.2) is 30.3 Å². The molecule has 15 nitrogen and oxygen atoms in total. The summed E-state index contributed by atoms with van der Waals surface area (Å²) in [4.78, 5) is 64.9. The molecule has 0 unspecified atom stereocenters. The monoisotopic (exact) mass is 946 g/mol. The van der Waals surface area contributed by atoms with Gasteiger partial charge in [-0.1, -0.05) is 205 Å². The van der Waals surface area contributed by atoms with Gasteiger partial charge in [0.05, 0.1) is 19.2 Å². The summed E-state index contributed by atoms with van der Waals surface area (Å²) in [6.07, 6.45) is 23.5. The van der Waals surface area contributed by atoms with Crippen LogP contribution in [0.2, 0.25) is 0 Å². The molecule has 5 atom stereocenters. The molecule has 15 heteroatoms. The number of aliphatic hydroxyl groups excluding tert-OH is 3. The molecule has 1 saturated heterocycles. The van der Waals surface area contributed by atoms with Crippen molar-refractivity contribution in [2.24, 2.45) is 5.73 Å². The van der Waals surface area contributed by atoms with E-state index in [1.807, 2.05) is 6.07 Å². The molecule has 8 N–H and O–H groups in total. The molecule has 1 aliphatic heterocycles. The standard InChI is InChI=1S/C52H91N5O10/c1-3-5-7-9-11-13-15-17-18-19-20-22-24-26-31-35-47(61)57(36-32-27-25-23-21-16-14-12-10-8-6-4-2)52(53)50(64)49(63)48(62)44(67-52)37-43(58)38-54-45(59)39-55-46(60)40-56-51(65)66-41-42-33-29-28-30-34-42/h28-30,33-34,44,48-50,62-64H,3-27,31-32,35-41,53H2,1-2H3,(H,54,59)(H,55,60)(H,56,65)/t44-,48-,49+,50-,52+/m1/s1. The summed E-state index contributed by atoms with van der Waals surface area (Å²) in [5.74, 6) is -4.49. The van der Waals surface area contributed by atoms with Crippen molar-refractivity contribution in [2.75, 3.05) is 26.2 Å². The number of rotatable bonds is 40. The first-order valence-electron chi connectivity index (χ1n) is 26.2. The summed E-state index contributed by atoms with van der Waals surface area (Å²) in [7, 11) is 0. The topological polar surface area (TPSA) is 230 Å². The minimum absolute atomic E-state index is 0.0227. The van der Waals surface area contributed by atoms with Crippen molar-refractivity contribution in [1.82, 2.24) is 20.9 Å². The number of alkyl carbamates (subject to hydrolysis) is 1. The lowest BCUT2D eigenvalue weighted by Crippen LogP contribution is -2.76. The summed E-state index contributed by atoms with van der Waals surface area (Å²) in [6, 6.07) is 9.01. The van der Waals surface area contributed by atoms with Gasteiger partial charge in [-0.25, -0.2) is 4.79 Å². The van der Waals surface area contributed by atoms with E-state index in [0.29, 0.717) is 12.8 Å². The van der Waals surface area contributed by atoms with Crippen LogP contribution in [0, 0.1) is 0 Å². The van der Waals surface area contributed by atoms with E-state index < -0.39 is 80.0 Å². The fraction of sp³-hybridized carbons (Fsp3) is 0.788. The Morgan fingerprint density at radius 2 is 1.03 bits per heavy atom. The lowest BCUT2D eigenvalue weighted by atomic mass is 9.91. The second-order valence-electron chi connectivity index (χ2n) is 18.7. The van der Waals surface area contributed by atoms with Crippen LogP contribution in [0.5, 0.6) is 0 Å². The number of amides is 4. The number of hydrogen-bond acceptors (Lipinski definition) is 11. The van der Waals surface area contributed by atoms with E-state index in [1.54, 1.807) is 24.3 Å². The molecule has 1 aromatic rings. The average Bonchev–Trinajstić information content (AvgIpc) is 3.32. The van der Waals surface area contributed by atoms with Gasteiger partial charge in [0, 0.05) is 19.4 Å². The lowest BCUT2D eigenvalue weighted by molar-refractivity contribution is -0.309. The fourth-order valence-electron chi connectivity index (χ4n) is 8.53. The molecular weight excluding hydrogens is 855 g/mol. The van der Waals surface area contributed by atoms with Crippen LogP contribution in [0.3, 0.4) is 0 Å². The Labute approximate surface area is 402 Å². The summed E-state index contributed by atoms with van der Waals surface area (Å²) >= 11 is 0. The number of nitrogens with one attached hydrogen (secondary N) is 3. The van der Waals surface area contributed by atoms with Crippen LogP contribution in [0.25, 0.3) is 0 Å². The lowest BCUT2D eigenvalue weighted by Gasteiger charge is -2.51. The van der Waals surface area contributed by atoms with Crippen molar-refractivity contribution in [1.29, 1.82) is 0 Å². The van der Waals surface area contributed by atoms with Crippen LogP contribution >= 0.6 is 0 Å². The van der Waals surface area contributed by atoms with Crippen molar-refractivity contribution in [3.05, 3.63) is 35.9 Å². The number of nitrogens with two attached hydrogens (primary N) is 1. The van der Waals surface area contributed by atoms with Gasteiger partial charge in [0.15, 0.2) is 5.78 Å². The summed E-state index contributed by atoms with van der Waals surface area (Å²) in [5.41, 5.74) is 7.52. The SMILES string of the molecule is CCCCCCCCCCCCCCCCCC(=O)N(CCCCCCCCCCCCCC)[C@]1(N)O[C@H](CC(=O)CNC(=O)CNC(=O)CNC(=O)OCc2ccccc2)[C@@H](O)[C@H](O)[C@H]1O. The number of ketones is 1. The van der Waals surface area contributed by atoms with E-state index in [4.69, 9.17) is 15.2 Å². The quantitative estimate of drug-likeness (QED) is 0.0246. The van der Waals surface area contributed by atoms with E-state index >= 15 is 0 Å². The van der Waals surface area contributed by atoms with Crippen molar-refractivity contribution >= 4 is 29.6 Å². The number of benzene rings is 1. The zero-order valence-corrected chi connectivity index (χ0v) is 41.5. The molecule has 0 saturated carbocycles. The Kier molecular flexibility index (Phi) is 33.1. The summed E-state index contributed by atoms with van der Waals surface area (Å²) < 4.78 is 11.1. The number of carbonyl (C=O) groups is 5. The minimum Gasteiger partial charge on any atom is -0.445 e. The van der Waals surface area contributed by atoms with Gasteiger partial charge < -0.3 is 40.7 Å². The third-order valence-electron chi connectivity index (χ3n) is 12.7. The molecule has 0 aromatic heterocycles. The predicted octanol–water partition coefficient (Wildman–Crippen LogP) is 7.99. The van der Waals surface area contributed by atoms with Crippen molar-refractivity contribution in [2.45, 2.75) is 237 Å². The van der Waals surface area contributed by atoms with E-state index in [9.17, 15) is 39.3 Å². The van der Waals surface area contributed by atoms with Crippen LogP contribution < -0.4 is 21.7 Å². The number of unbranched alkanes of at least 4 members (excludes halogenated alkanes) is 25. The number of Topliss-reactive ketones (excluding diaryl/α,β-unsaturated/α-hetero) is 1. The molecule has 2 rings (SSSR count). The summed E-state index contributed by atoms with van der Waals surface area (Å²) in [5, 5.41) is 40.3. The second-order valence-corrected chi connectivity index (χ2v) is 18.7.